The van der Waals surface area contributed by atoms with Crippen molar-refractivity contribution in [3.05, 3.63) is 77.6 Å². The van der Waals surface area contributed by atoms with E-state index in [9.17, 15) is 9.59 Å². The molecule has 0 saturated carbocycles. The number of ether oxygens (including phenoxy) is 1. The van der Waals surface area contributed by atoms with Crippen molar-refractivity contribution in [2.75, 3.05) is 21.2 Å². The summed E-state index contributed by atoms with van der Waals surface area (Å²) in [7, 11) is 4.81. The molecule has 0 unspecified atom stereocenters. The van der Waals surface area contributed by atoms with E-state index in [2.05, 4.69) is 10.4 Å². The van der Waals surface area contributed by atoms with Crippen molar-refractivity contribution in [2.24, 2.45) is 0 Å². The second kappa shape index (κ2) is 8.39. The summed E-state index contributed by atoms with van der Waals surface area (Å²) >= 11 is 0. The highest BCUT2D eigenvalue weighted by Crippen LogP contribution is 2.21. The van der Waals surface area contributed by atoms with Gasteiger partial charge in [0, 0.05) is 26.2 Å². The highest BCUT2D eigenvalue weighted by Gasteiger charge is 2.22. The third-order valence-electron chi connectivity index (χ3n) is 4.33. The molecule has 7 heteroatoms. The van der Waals surface area contributed by atoms with E-state index in [-0.39, 0.29) is 17.5 Å². The molecular formula is C21H22N4O3. The first-order valence-corrected chi connectivity index (χ1v) is 8.79. The molecule has 2 amide bonds. The molecule has 0 aliphatic rings. The molecule has 144 valence electrons. The van der Waals surface area contributed by atoms with Gasteiger partial charge in [-0.15, -0.1) is 0 Å². The fourth-order valence-corrected chi connectivity index (χ4v) is 2.80. The van der Waals surface area contributed by atoms with E-state index in [1.54, 1.807) is 42.0 Å². The van der Waals surface area contributed by atoms with Gasteiger partial charge in [-0.1, -0.05) is 30.3 Å². The Hall–Kier alpha value is -3.61. The van der Waals surface area contributed by atoms with E-state index in [0.29, 0.717) is 17.9 Å². The molecule has 0 aliphatic carbocycles. The second-order valence-electron chi connectivity index (χ2n) is 6.26. The van der Waals surface area contributed by atoms with Crippen LogP contribution in [0.5, 0.6) is 5.75 Å². The van der Waals surface area contributed by atoms with Crippen LogP contribution in [0.2, 0.25) is 0 Å². The van der Waals surface area contributed by atoms with Crippen molar-refractivity contribution in [1.82, 2.24) is 20.0 Å². The lowest BCUT2D eigenvalue weighted by molar-refractivity contribution is 0.0775. The number of benzene rings is 2. The number of methoxy groups -OCH3 is 1. The van der Waals surface area contributed by atoms with Gasteiger partial charge < -0.3 is 15.0 Å². The molecule has 7 nitrogen and oxygen atoms in total. The van der Waals surface area contributed by atoms with Gasteiger partial charge in [0.2, 0.25) is 0 Å². The van der Waals surface area contributed by atoms with Crippen molar-refractivity contribution >= 4 is 11.8 Å². The minimum Gasteiger partial charge on any atom is -0.493 e. The summed E-state index contributed by atoms with van der Waals surface area (Å²) in [6.07, 6.45) is 1.69. The number of carbonyl (C=O) groups excluding carboxylic acids is 2. The van der Waals surface area contributed by atoms with Crippen LogP contribution in [0.1, 0.15) is 26.4 Å². The minimum absolute atomic E-state index is 0.146. The lowest BCUT2D eigenvalue weighted by Crippen LogP contribution is -2.27. The van der Waals surface area contributed by atoms with E-state index in [0.717, 1.165) is 11.3 Å². The summed E-state index contributed by atoms with van der Waals surface area (Å²) in [4.78, 5) is 26.1. The van der Waals surface area contributed by atoms with Gasteiger partial charge in [0.15, 0.2) is 11.4 Å². The number of nitrogens with one attached hydrogen (secondary N) is 1. The Morgan fingerprint density at radius 1 is 1.11 bits per heavy atom. The van der Waals surface area contributed by atoms with Gasteiger partial charge in [-0.3, -0.25) is 9.59 Å². The molecule has 2 aromatic carbocycles. The molecule has 1 heterocycles. The van der Waals surface area contributed by atoms with Gasteiger partial charge >= 0.3 is 0 Å². The third kappa shape index (κ3) is 4.03. The molecule has 1 N–H and O–H groups in total. The summed E-state index contributed by atoms with van der Waals surface area (Å²) in [6.45, 7) is 0.383. The van der Waals surface area contributed by atoms with Gasteiger partial charge in [-0.2, -0.15) is 5.10 Å². The summed E-state index contributed by atoms with van der Waals surface area (Å²) in [5.74, 6) is 0.0183. The Bertz CT molecular complexity index is 965. The van der Waals surface area contributed by atoms with Gasteiger partial charge in [-0.05, 0) is 29.8 Å². The normalized spacial score (nSPS) is 10.4. The lowest BCUT2D eigenvalue weighted by Gasteiger charge is -2.16. The van der Waals surface area contributed by atoms with Crippen LogP contribution in [0.3, 0.4) is 0 Å². The van der Waals surface area contributed by atoms with Gasteiger partial charge in [-0.25, -0.2) is 4.68 Å². The fraction of sp³-hybridized carbons (Fsp3) is 0.190. The number of aromatic nitrogens is 2. The van der Waals surface area contributed by atoms with Crippen molar-refractivity contribution < 1.29 is 14.3 Å². The van der Waals surface area contributed by atoms with E-state index in [1.165, 1.54) is 7.11 Å². The fourth-order valence-electron chi connectivity index (χ4n) is 2.80. The Balaban J connectivity index is 1.77. The van der Waals surface area contributed by atoms with Crippen LogP contribution in [-0.4, -0.2) is 47.7 Å². The van der Waals surface area contributed by atoms with Crippen molar-refractivity contribution in [1.29, 1.82) is 0 Å². The van der Waals surface area contributed by atoms with Crippen LogP contribution in [0.15, 0.2) is 60.8 Å². The first-order valence-electron chi connectivity index (χ1n) is 8.79. The largest absolute Gasteiger partial charge is 0.493 e. The summed E-state index contributed by atoms with van der Waals surface area (Å²) in [5, 5.41) is 6.99. The molecule has 0 aliphatic heterocycles. The number of amides is 2. The average Bonchev–Trinajstić information content (AvgIpc) is 3.18. The Kier molecular flexibility index (Phi) is 5.74. The SMILES string of the molecule is CNC(=O)c1ccc(CN(C)C(=O)c2nn(-c3ccccc3)cc2OC)cc1. The maximum Gasteiger partial charge on any atom is 0.278 e. The Labute approximate surface area is 163 Å². The molecule has 0 radical (unpaired) electrons. The van der Waals surface area contributed by atoms with E-state index in [1.807, 2.05) is 42.5 Å². The molecular weight excluding hydrogens is 356 g/mol. The van der Waals surface area contributed by atoms with Gasteiger partial charge in [0.1, 0.15) is 0 Å². The number of nitrogens with zero attached hydrogens (tertiary/aromatic N) is 3. The molecule has 0 fully saturated rings. The summed E-state index contributed by atoms with van der Waals surface area (Å²) < 4.78 is 6.97. The third-order valence-corrected chi connectivity index (χ3v) is 4.33. The average molecular weight is 378 g/mol. The molecule has 0 spiro atoms. The topological polar surface area (TPSA) is 76.5 Å². The predicted octanol–water partition coefficient (Wildman–Crippen LogP) is 2.51. The van der Waals surface area contributed by atoms with Crippen LogP contribution in [0, 0.1) is 0 Å². The van der Waals surface area contributed by atoms with E-state index in [4.69, 9.17) is 4.74 Å². The Morgan fingerprint density at radius 2 is 1.79 bits per heavy atom. The molecule has 3 rings (SSSR count). The highest BCUT2D eigenvalue weighted by atomic mass is 16.5. The zero-order chi connectivity index (χ0) is 20.1. The smallest absolute Gasteiger partial charge is 0.278 e. The van der Waals surface area contributed by atoms with Crippen molar-refractivity contribution in [2.45, 2.75) is 6.54 Å². The Morgan fingerprint density at radius 3 is 2.39 bits per heavy atom. The predicted molar refractivity (Wildman–Crippen MR) is 106 cm³/mol. The van der Waals surface area contributed by atoms with Crippen molar-refractivity contribution in [3.63, 3.8) is 0 Å². The molecule has 0 bridgehead atoms. The van der Waals surface area contributed by atoms with Crippen LogP contribution < -0.4 is 10.1 Å². The molecule has 28 heavy (non-hydrogen) atoms. The van der Waals surface area contributed by atoms with Crippen LogP contribution in [0.4, 0.5) is 0 Å². The zero-order valence-electron chi connectivity index (χ0n) is 16.0. The number of carbonyl (C=O) groups is 2. The summed E-state index contributed by atoms with van der Waals surface area (Å²) in [5.41, 5.74) is 2.57. The van der Waals surface area contributed by atoms with Crippen molar-refractivity contribution in [3.8, 4) is 11.4 Å². The molecule has 0 atom stereocenters. The maximum atomic E-state index is 12.9. The number of hydrogen-bond donors (Lipinski definition) is 1. The van der Waals surface area contributed by atoms with E-state index < -0.39 is 0 Å². The van der Waals surface area contributed by atoms with Crippen LogP contribution in [-0.2, 0) is 6.54 Å². The van der Waals surface area contributed by atoms with E-state index >= 15 is 0 Å². The minimum atomic E-state index is -0.248. The lowest BCUT2D eigenvalue weighted by atomic mass is 10.1. The quantitative estimate of drug-likeness (QED) is 0.715. The number of hydrogen-bond acceptors (Lipinski definition) is 4. The number of para-hydroxylation sites is 1. The monoisotopic (exact) mass is 378 g/mol. The maximum absolute atomic E-state index is 12.9. The highest BCUT2D eigenvalue weighted by molar-refractivity contribution is 5.95. The van der Waals surface area contributed by atoms with Crippen LogP contribution >= 0.6 is 0 Å². The molecule has 3 aromatic rings. The number of rotatable bonds is 6. The first kappa shape index (κ1) is 19.2. The standard InChI is InChI=1S/C21H22N4O3/c1-22-20(26)16-11-9-15(10-12-16)13-24(2)21(27)19-18(28-3)14-25(23-19)17-7-5-4-6-8-17/h4-12,14H,13H2,1-3H3,(H,22,26). The van der Waals surface area contributed by atoms with Gasteiger partial charge in [0.05, 0.1) is 19.0 Å². The van der Waals surface area contributed by atoms with Crippen LogP contribution in [0.25, 0.3) is 5.69 Å². The second-order valence-corrected chi connectivity index (χ2v) is 6.26. The first-order chi connectivity index (χ1) is 13.5. The van der Waals surface area contributed by atoms with Gasteiger partial charge in [0.25, 0.3) is 11.8 Å². The zero-order valence-corrected chi connectivity index (χ0v) is 16.0. The molecule has 0 saturated heterocycles. The summed E-state index contributed by atoms with van der Waals surface area (Å²) in [6, 6.07) is 16.6. The molecule has 1 aromatic heterocycles.